The average Bonchev–Trinajstić information content (AvgIpc) is 2.77. The first-order valence-corrected chi connectivity index (χ1v) is 11.2. The maximum atomic E-state index is 13.0. The van der Waals surface area contributed by atoms with Gasteiger partial charge in [0.1, 0.15) is 5.38 Å². The highest BCUT2D eigenvalue weighted by atomic mass is 35.5. The van der Waals surface area contributed by atoms with Gasteiger partial charge in [-0.25, -0.2) is 13.1 Å². The zero-order chi connectivity index (χ0) is 22.6. The predicted octanol–water partition coefficient (Wildman–Crippen LogP) is 4.41. The molecular weight excluding hydrogens is 440 g/mol. The number of carbonyl (C=O) groups excluding carboxylic acids is 1. The average molecular weight is 459 g/mol. The molecule has 0 saturated heterocycles. The molecule has 0 unspecified atom stereocenters. The highest BCUT2D eigenvalue weighted by molar-refractivity contribution is 7.89. The Labute approximate surface area is 184 Å². The molecule has 160 valence electrons. The third-order valence-corrected chi connectivity index (χ3v) is 6.56. The first kappa shape index (κ1) is 22.6. The second kappa shape index (κ2) is 9.38. The molecule has 31 heavy (non-hydrogen) atoms. The number of aryl methyl sites for hydroxylation is 1. The number of benzene rings is 3. The van der Waals surface area contributed by atoms with Crippen molar-refractivity contribution in [3.63, 3.8) is 0 Å². The van der Waals surface area contributed by atoms with Gasteiger partial charge in [0.15, 0.2) is 5.78 Å². The van der Waals surface area contributed by atoms with Crippen molar-refractivity contribution in [3.8, 4) is 0 Å². The molecular formula is C22H19ClN2O5S. The van der Waals surface area contributed by atoms with Crippen molar-refractivity contribution in [1.29, 1.82) is 0 Å². The van der Waals surface area contributed by atoms with Gasteiger partial charge in [-0.3, -0.25) is 14.9 Å². The molecule has 0 heterocycles. The number of nitrogens with one attached hydrogen (secondary N) is 1. The van der Waals surface area contributed by atoms with Crippen LogP contribution in [0.3, 0.4) is 0 Å². The normalized spacial score (nSPS) is 13.4. The van der Waals surface area contributed by atoms with Crippen LogP contribution in [0.25, 0.3) is 0 Å². The Hall–Kier alpha value is -3.07. The Balaban J connectivity index is 2.03. The topological polar surface area (TPSA) is 106 Å². The molecule has 0 spiro atoms. The lowest BCUT2D eigenvalue weighted by Gasteiger charge is -2.23. The van der Waals surface area contributed by atoms with E-state index < -0.39 is 32.1 Å². The maximum Gasteiger partial charge on any atom is 0.269 e. The molecule has 9 heteroatoms. The molecule has 3 aromatic carbocycles. The van der Waals surface area contributed by atoms with Crippen molar-refractivity contribution in [3.05, 3.63) is 106 Å². The number of rotatable bonds is 8. The molecule has 2 atom stereocenters. The van der Waals surface area contributed by atoms with Gasteiger partial charge in [0.05, 0.1) is 15.9 Å². The van der Waals surface area contributed by atoms with E-state index in [0.29, 0.717) is 5.56 Å². The minimum Gasteiger partial charge on any atom is -0.292 e. The Kier molecular flexibility index (Phi) is 6.84. The summed E-state index contributed by atoms with van der Waals surface area (Å²) in [5.74, 6) is -0.509. The van der Waals surface area contributed by atoms with Crippen molar-refractivity contribution in [1.82, 2.24) is 4.72 Å². The van der Waals surface area contributed by atoms with Crippen molar-refractivity contribution in [2.75, 3.05) is 0 Å². The van der Waals surface area contributed by atoms with Gasteiger partial charge in [0.2, 0.25) is 10.0 Å². The summed E-state index contributed by atoms with van der Waals surface area (Å²) >= 11 is 6.47. The third kappa shape index (κ3) is 5.35. The second-order valence-corrected chi connectivity index (χ2v) is 9.08. The van der Waals surface area contributed by atoms with E-state index in [-0.39, 0.29) is 16.1 Å². The van der Waals surface area contributed by atoms with Crippen LogP contribution in [0.4, 0.5) is 5.69 Å². The fourth-order valence-corrected chi connectivity index (χ4v) is 4.64. The summed E-state index contributed by atoms with van der Waals surface area (Å²) in [6.07, 6.45) is 0. The molecule has 0 saturated carbocycles. The van der Waals surface area contributed by atoms with E-state index in [0.717, 1.165) is 5.56 Å². The van der Waals surface area contributed by atoms with Crippen LogP contribution in [-0.4, -0.2) is 24.5 Å². The SMILES string of the molecule is Cc1ccc(S(=O)(=O)N[C@H](c2cccc([N+](=O)[O-])c2)[C@@H](Cl)C(=O)c2ccccc2)cc1. The summed E-state index contributed by atoms with van der Waals surface area (Å²) in [4.78, 5) is 23.5. The molecule has 0 bridgehead atoms. The van der Waals surface area contributed by atoms with Crippen molar-refractivity contribution in [2.45, 2.75) is 23.2 Å². The first-order chi connectivity index (χ1) is 14.7. The molecule has 1 N–H and O–H groups in total. The number of nitro benzene ring substituents is 1. The van der Waals surface area contributed by atoms with Gasteiger partial charge in [-0.2, -0.15) is 0 Å². The largest absolute Gasteiger partial charge is 0.292 e. The number of nitrogens with zero attached hydrogens (tertiary/aromatic N) is 1. The second-order valence-electron chi connectivity index (χ2n) is 6.90. The zero-order valence-electron chi connectivity index (χ0n) is 16.4. The van der Waals surface area contributed by atoms with Crippen LogP contribution in [0, 0.1) is 17.0 Å². The lowest BCUT2D eigenvalue weighted by molar-refractivity contribution is -0.384. The van der Waals surface area contributed by atoms with Crippen molar-refractivity contribution >= 4 is 33.1 Å². The fourth-order valence-electron chi connectivity index (χ4n) is 2.99. The molecule has 3 rings (SSSR count). The highest BCUT2D eigenvalue weighted by Gasteiger charge is 2.33. The van der Waals surface area contributed by atoms with Gasteiger partial charge in [0, 0.05) is 17.7 Å². The van der Waals surface area contributed by atoms with Crippen molar-refractivity contribution in [2.24, 2.45) is 0 Å². The van der Waals surface area contributed by atoms with Crippen LogP contribution >= 0.6 is 11.6 Å². The van der Waals surface area contributed by atoms with Crippen LogP contribution in [0.15, 0.2) is 83.8 Å². The Morgan fingerprint density at radius 2 is 1.65 bits per heavy atom. The maximum absolute atomic E-state index is 13.0. The molecule has 0 amide bonds. The first-order valence-electron chi connectivity index (χ1n) is 9.26. The summed E-state index contributed by atoms with van der Waals surface area (Å²) in [6, 6.07) is 18.5. The van der Waals surface area contributed by atoms with Crippen LogP contribution in [-0.2, 0) is 10.0 Å². The molecule has 0 aliphatic carbocycles. The van der Waals surface area contributed by atoms with Gasteiger partial charge in [-0.15, -0.1) is 11.6 Å². The number of alkyl halides is 1. The summed E-state index contributed by atoms with van der Waals surface area (Å²) in [6.45, 7) is 1.82. The van der Waals surface area contributed by atoms with E-state index in [1.54, 1.807) is 42.5 Å². The van der Waals surface area contributed by atoms with Crippen LogP contribution in [0.1, 0.15) is 27.5 Å². The smallest absolute Gasteiger partial charge is 0.269 e. The van der Waals surface area contributed by atoms with E-state index in [4.69, 9.17) is 11.6 Å². The quantitative estimate of drug-likeness (QED) is 0.233. The summed E-state index contributed by atoms with van der Waals surface area (Å²) in [7, 11) is -4.07. The molecule has 0 fully saturated rings. The number of hydrogen-bond donors (Lipinski definition) is 1. The molecule has 3 aromatic rings. The van der Waals surface area contributed by atoms with Gasteiger partial charge in [-0.05, 0) is 24.6 Å². The van der Waals surface area contributed by atoms with E-state index in [1.165, 1.54) is 36.4 Å². The zero-order valence-corrected chi connectivity index (χ0v) is 18.0. The molecule has 7 nitrogen and oxygen atoms in total. The minimum atomic E-state index is -4.07. The Morgan fingerprint density at radius 1 is 1.00 bits per heavy atom. The van der Waals surface area contributed by atoms with Crippen LogP contribution < -0.4 is 4.72 Å². The van der Waals surface area contributed by atoms with Crippen LogP contribution in [0.2, 0.25) is 0 Å². The highest BCUT2D eigenvalue weighted by Crippen LogP contribution is 2.29. The minimum absolute atomic E-state index is 0.00967. The van der Waals surface area contributed by atoms with E-state index in [9.17, 15) is 23.3 Å². The van der Waals surface area contributed by atoms with Gasteiger partial charge < -0.3 is 0 Å². The standard InChI is InChI=1S/C22H19ClN2O5S/c1-15-10-12-19(13-11-15)31(29,30)24-21(17-8-5-9-18(14-17)25(27)28)20(23)22(26)16-6-3-2-4-7-16/h2-14,20-21,24H,1H3/t20-,21-/m1/s1. The number of sulfonamides is 1. The number of Topliss-reactive ketones (excluding diaryl/α,β-unsaturated/α-hetero) is 1. The molecule has 0 aliphatic heterocycles. The number of carbonyl (C=O) groups is 1. The molecule has 0 aliphatic rings. The van der Waals surface area contributed by atoms with E-state index in [2.05, 4.69) is 4.72 Å². The molecule has 0 aromatic heterocycles. The monoisotopic (exact) mass is 458 g/mol. The number of halogens is 1. The van der Waals surface area contributed by atoms with Gasteiger partial charge >= 0.3 is 0 Å². The lowest BCUT2D eigenvalue weighted by Crippen LogP contribution is -2.37. The fraction of sp³-hybridized carbons (Fsp3) is 0.136. The van der Waals surface area contributed by atoms with Gasteiger partial charge in [-0.1, -0.05) is 60.2 Å². The van der Waals surface area contributed by atoms with E-state index in [1.807, 2.05) is 6.92 Å². The summed E-state index contributed by atoms with van der Waals surface area (Å²) in [5, 5.41) is 9.86. The number of ketones is 1. The lowest BCUT2D eigenvalue weighted by atomic mass is 9.98. The number of nitro groups is 1. The Morgan fingerprint density at radius 3 is 2.26 bits per heavy atom. The van der Waals surface area contributed by atoms with E-state index >= 15 is 0 Å². The Bertz CT molecular complexity index is 1200. The van der Waals surface area contributed by atoms with Crippen molar-refractivity contribution < 1.29 is 18.1 Å². The number of hydrogen-bond acceptors (Lipinski definition) is 5. The summed E-state index contributed by atoms with van der Waals surface area (Å²) < 4.78 is 28.4. The predicted molar refractivity (Wildman–Crippen MR) is 118 cm³/mol. The molecule has 0 radical (unpaired) electrons. The third-order valence-electron chi connectivity index (χ3n) is 4.65. The summed E-state index contributed by atoms with van der Waals surface area (Å²) in [5.41, 5.74) is 1.14. The number of non-ortho nitro benzene ring substituents is 1. The van der Waals surface area contributed by atoms with Crippen LogP contribution in [0.5, 0.6) is 0 Å². The van der Waals surface area contributed by atoms with Gasteiger partial charge in [0.25, 0.3) is 5.69 Å².